The van der Waals surface area contributed by atoms with Crippen molar-refractivity contribution in [3.05, 3.63) is 59.2 Å². The van der Waals surface area contributed by atoms with Crippen LogP contribution in [0.15, 0.2) is 42.4 Å². The van der Waals surface area contributed by atoms with Gasteiger partial charge in [0.15, 0.2) is 0 Å². The average Bonchev–Trinajstić information content (AvgIpc) is 2.92. The van der Waals surface area contributed by atoms with Gasteiger partial charge < -0.3 is 4.57 Å². The number of allylic oxidation sites excluding steroid dienone is 1. The number of Topliss-reactive ketones (excluding diaryl/α,β-unsaturated/α-hetero) is 1. The summed E-state index contributed by atoms with van der Waals surface area (Å²) in [5.41, 5.74) is 2.50. The lowest BCUT2D eigenvalue weighted by Gasteiger charge is -2.04. The summed E-state index contributed by atoms with van der Waals surface area (Å²) in [4.78, 5) is 16.4. The molecule has 1 aromatic carbocycles. The molecule has 2 aromatic rings. The fourth-order valence-electron chi connectivity index (χ4n) is 2.04. The Bertz CT molecular complexity index is 702. The van der Waals surface area contributed by atoms with E-state index in [0.717, 1.165) is 24.2 Å². The lowest BCUT2D eigenvalue weighted by Crippen LogP contribution is -2.03. The first-order valence-electron chi connectivity index (χ1n) is 6.89. The van der Waals surface area contributed by atoms with Crippen LogP contribution >= 0.6 is 0 Å². The Kier molecular flexibility index (Phi) is 4.68. The van der Waals surface area contributed by atoms with Crippen LogP contribution in [-0.4, -0.2) is 15.3 Å². The molecule has 0 radical (unpaired) electrons. The van der Waals surface area contributed by atoms with E-state index in [1.54, 1.807) is 30.7 Å². The summed E-state index contributed by atoms with van der Waals surface area (Å²) in [6.45, 7) is 4.83. The molecule has 21 heavy (non-hydrogen) atoms. The van der Waals surface area contributed by atoms with E-state index >= 15 is 0 Å². The number of nitriles is 1. The highest BCUT2D eigenvalue weighted by molar-refractivity contribution is 6.13. The molecule has 0 fully saturated rings. The summed E-state index contributed by atoms with van der Waals surface area (Å²) in [5.74, 6) is -0.262. The number of imidazole rings is 1. The molecule has 2 rings (SSSR count). The Labute approximate surface area is 124 Å². The summed E-state index contributed by atoms with van der Waals surface area (Å²) in [7, 11) is 0. The molecule has 0 saturated carbocycles. The number of hydrogen-bond donors (Lipinski definition) is 0. The summed E-state index contributed by atoms with van der Waals surface area (Å²) >= 11 is 0. The van der Waals surface area contributed by atoms with E-state index in [1.165, 1.54) is 0 Å². The van der Waals surface area contributed by atoms with Crippen LogP contribution in [0.3, 0.4) is 0 Å². The number of benzene rings is 1. The highest BCUT2D eigenvalue weighted by Gasteiger charge is 2.13. The first kappa shape index (κ1) is 14.7. The smallest absolute Gasteiger partial charge is 0.203 e. The Hall–Kier alpha value is -2.67. The molecule has 0 aliphatic carbocycles. The van der Waals surface area contributed by atoms with Crippen LogP contribution in [0.5, 0.6) is 0 Å². The van der Waals surface area contributed by atoms with Crippen LogP contribution in [0.1, 0.15) is 35.0 Å². The summed E-state index contributed by atoms with van der Waals surface area (Å²) < 4.78 is 1.93. The summed E-state index contributed by atoms with van der Waals surface area (Å²) in [6, 6.07) is 9.21. The first-order valence-corrected chi connectivity index (χ1v) is 6.89. The number of aryl methyl sites for hydroxylation is 2. The van der Waals surface area contributed by atoms with Crippen LogP contribution in [-0.2, 0) is 6.54 Å². The van der Waals surface area contributed by atoms with Gasteiger partial charge in [-0.1, -0.05) is 36.8 Å². The quantitative estimate of drug-likeness (QED) is 0.479. The molecule has 0 bridgehead atoms. The van der Waals surface area contributed by atoms with Gasteiger partial charge in [0.1, 0.15) is 11.6 Å². The predicted molar refractivity (Wildman–Crippen MR) is 81.6 cm³/mol. The van der Waals surface area contributed by atoms with Gasteiger partial charge in [-0.3, -0.25) is 4.79 Å². The zero-order valence-corrected chi connectivity index (χ0v) is 12.2. The molecule has 1 aromatic heterocycles. The average molecular weight is 279 g/mol. The number of rotatable bonds is 5. The molecule has 0 saturated heterocycles. The van der Waals surface area contributed by atoms with Gasteiger partial charge in [0, 0.05) is 12.1 Å². The first-order chi connectivity index (χ1) is 10.2. The van der Waals surface area contributed by atoms with E-state index < -0.39 is 0 Å². The van der Waals surface area contributed by atoms with E-state index in [2.05, 4.69) is 11.9 Å². The van der Waals surface area contributed by atoms with Gasteiger partial charge in [-0.2, -0.15) is 5.26 Å². The standard InChI is InChI=1S/C17H17N3O/c1-3-8-20-12-19-11-16(20)9-15(10-18)17(21)14-6-4-13(2)5-7-14/h4-7,9,11-12H,3,8H2,1-2H3/b15-9+. The van der Waals surface area contributed by atoms with Crippen molar-refractivity contribution < 1.29 is 4.79 Å². The lowest BCUT2D eigenvalue weighted by atomic mass is 10.0. The van der Waals surface area contributed by atoms with Crippen molar-refractivity contribution in [1.29, 1.82) is 5.26 Å². The highest BCUT2D eigenvalue weighted by atomic mass is 16.1. The number of nitrogens with zero attached hydrogens (tertiary/aromatic N) is 3. The van der Waals surface area contributed by atoms with Crippen LogP contribution in [0.4, 0.5) is 0 Å². The Morgan fingerprint density at radius 3 is 2.71 bits per heavy atom. The van der Waals surface area contributed by atoms with E-state index in [4.69, 9.17) is 0 Å². The van der Waals surface area contributed by atoms with Crippen LogP contribution in [0.25, 0.3) is 6.08 Å². The van der Waals surface area contributed by atoms with Gasteiger partial charge in [-0.15, -0.1) is 0 Å². The highest BCUT2D eigenvalue weighted by Crippen LogP contribution is 2.13. The molecule has 0 N–H and O–H groups in total. The SMILES string of the molecule is CCCn1cncc1/C=C(\C#N)C(=O)c1ccc(C)cc1. The Morgan fingerprint density at radius 1 is 1.38 bits per heavy atom. The number of ketones is 1. The minimum absolute atomic E-state index is 0.122. The molecule has 1 heterocycles. The maximum atomic E-state index is 12.4. The largest absolute Gasteiger partial charge is 0.331 e. The second kappa shape index (κ2) is 6.67. The monoisotopic (exact) mass is 279 g/mol. The number of aromatic nitrogens is 2. The van der Waals surface area contributed by atoms with Gasteiger partial charge in [0.05, 0.1) is 18.2 Å². The molecule has 4 nitrogen and oxygen atoms in total. The third-order valence-electron chi connectivity index (χ3n) is 3.18. The van der Waals surface area contributed by atoms with Crippen molar-refractivity contribution in [3.8, 4) is 6.07 Å². The minimum Gasteiger partial charge on any atom is -0.331 e. The summed E-state index contributed by atoms with van der Waals surface area (Å²) in [5, 5.41) is 9.26. The normalized spacial score (nSPS) is 11.2. The minimum atomic E-state index is -0.262. The van der Waals surface area contributed by atoms with Crippen LogP contribution in [0.2, 0.25) is 0 Å². The molecular weight excluding hydrogens is 262 g/mol. The molecule has 0 spiro atoms. The number of hydrogen-bond acceptors (Lipinski definition) is 3. The molecule has 0 aliphatic rings. The fourth-order valence-corrected chi connectivity index (χ4v) is 2.04. The van der Waals surface area contributed by atoms with Crippen LogP contribution < -0.4 is 0 Å². The topological polar surface area (TPSA) is 58.7 Å². The maximum absolute atomic E-state index is 12.4. The number of carbonyl (C=O) groups excluding carboxylic acids is 1. The molecule has 106 valence electrons. The fraction of sp³-hybridized carbons (Fsp3) is 0.235. The van der Waals surface area contributed by atoms with E-state index in [9.17, 15) is 10.1 Å². The lowest BCUT2D eigenvalue weighted by molar-refractivity contribution is 0.104. The van der Waals surface area contributed by atoms with Crippen molar-refractivity contribution in [2.75, 3.05) is 0 Å². The zero-order chi connectivity index (χ0) is 15.2. The third-order valence-corrected chi connectivity index (χ3v) is 3.18. The van der Waals surface area contributed by atoms with E-state index in [0.29, 0.717) is 5.56 Å². The van der Waals surface area contributed by atoms with Gasteiger partial charge >= 0.3 is 0 Å². The Balaban J connectivity index is 2.32. The molecule has 0 unspecified atom stereocenters. The van der Waals surface area contributed by atoms with Crippen molar-refractivity contribution in [2.45, 2.75) is 26.8 Å². The van der Waals surface area contributed by atoms with Crippen molar-refractivity contribution in [3.63, 3.8) is 0 Å². The second-order valence-electron chi connectivity index (χ2n) is 4.88. The van der Waals surface area contributed by atoms with Gasteiger partial charge in [-0.05, 0) is 19.4 Å². The summed E-state index contributed by atoms with van der Waals surface area (Å²) in [6.07, 6.45) is 5.94. The van der Waals surface area contributed by atoms with Crippen molar-refractivity contribution in [2.24, 2.45) is 0 Å². The van der Waals surface area contributed by atoms with E-state index in [1.807, 2.05) is 29.7 Å². The van der Waals surface area contributed by atoms with Crippen molar-refractivity contribution >= 4 is 11.9 Å². The van der Waals surface area contributed by atoms with Gasteiger partial charge in [0.25, 0.3) is 0 Å². The van der Waals surface area contributed by atoms with Crippen LogP contribution in [0, 0.1) is 18.3 Å². The van der Waals surface area contributed by atoms with Gasteiger partial charge in [-0.25, -0.2) is 4.98 Å². The predicted octanol–water partition coefficient (Wildman–Crippen LogP) is 3.39. The molecule has 4 heteroatoms. The second-order valence-corrected chi connectivity index (χ2v) is 4.88. The molecular formula is C17H17N3O. The van der Waals surface area contributed by atoms with Gasteiger partial charge in [0.2, 0.25) is 5.78 Å². The number of carbonyl (C=O) groups is 1. The Morgan fingerprint density at radius 2 is 2.10 bits per heavy atom. The zero-order valence-electron chi connectivity index (χ0n) is 12.2. The molecule has 0 atom stereocenters. The van der Waals surface area contributed by atoms with Crippen molar-refractivity contribution in [1.82, 2.24) is 9.55 Å². The third kappa shape index (κ3) is 3.46. The molecule has 0 aliphatic heterocycles. The van der Waals surface area contributed by atoms with E-state index in [-0.39, 0.29) is 11.4 Å². The maximum Gasteiger partial charge on any atom is 0.203 e. The molecule has 0 amide bonds.